The van der Waals surface area contributed by atoms with E-state index in [-0.39, 0.29) is 22.0 Å². The summed E-state index contributed by atoms with van der Waals surface area (Å²) in [6.45, 7) is 7.09. The van der Waals surface area contributed by atoms with Crippen LogP contribution in [0.15, 0.2) is 59.0 Å². The van der Waals surface area contributed by atoms with Crippen LogP contribution >= 0.6 is 0 Å². The molecule has 2 aromatic carbocycles. The minimum Gasteiger partial charge on any atom is -0.379 e. The zero-order valence-electron chi connectivity index (χ0n) is 15.7. The summed E-state index contributed by atoms with van der Waals surface area (Å²) < 4.78 is 29.7. The highest BCUT2D eigenvalue weighted by Gasteiger charge is 2.25. The highest BCUT2D eigenvalue weighted by Crippen LogP contribution is 2.23. The monoisotopic (exact) mass is 383 g/mol. The van der Waals surface area contributed by atoms with Gasteiger partial charge in [0.2, 0.25) is 0 Å². The molecule has 0 aliphatic heterocycles. The summed E-state index contributed by atoms with van der Waals surface area (Å²) in [5.74, 6) is -0.111. The highest BCUT2D eigenvalue weighted by atomic mass is 32.2. The number of nitriles is 1. The quantitative estimate of drug-likeness (QED) is 0.437. The van der Waals surface area contributed by atoms with Crippen LogP contribution in [0.2, 0.25) is 0 Å². The van der Waals surface area contributed by atoms with E-state index in [0.29, 0.717) is 5.56 Å². The van der Waals surface area contributed by atoms with Crippen LogP contribution in [-0.4, -0.2) is 14.2 Å². The maximum Gasteiger partial charge on any atom is 0.339 e. The normalized spacial score (nSPS) is 12.3. The van der Waals surface area contributed by atoms with Crippen molar-refractivity contribution in [1.29, 1.82) is 5.26 Å². The summed E-state index contributed by atoms with van der Waals surface area (Å²) in [4.78, 5) is 12.3. The Balaban J connectivity index is 2.22. The van der Waals surface area contributed by atoms with E-state index in [1.54, 1.807) is 45.0 Å². The molecule has 0 spiro atoms. The van der Waals surface area contributed by atoms with Crippen molar-refractivity contribution >= 4 is 22.0 Å². The van der Waals surface area contributed by atoms with Gasteiger partial charge in [-0.15, -0.1) is 0 Å². The Morgan fingerprint density at radius 1 is 1.04 bits per heavy atom. The second-order valence-electron chi connectivity index (χ2n) is 7.17. The number of allylic oxidation sites excluding steroid dienone is 1. The molecule has 0 aliphatic carbocycles. The van der Waals surface area contributed by atoms with Crippen molar-refractivity contribution in [1.82, 2.24) is 0 Å². The molecule has 0 radical (unpaired) electrons. The van der Waals surface area contributed by atoms with Gasteiger partial charge in [-0.05, 0) is 42.8 Å². The van der Waals surface area contributed by atoms with Crippen LogP contribution in [0.5, 0.6) is 5.75 Å². The molecule has 0 heterocycles. The molecule has 2 aromatic rings. The largest absolute Gasteiger partial charge is 0.379 e. The third kappa shape index (κ3) is 5.28. The maximum atomic E-state index is 12.3. The topological polar surface area (TPSA) is 84.2 Å². The molecule has 2 rings (SSSR count). The van der Waals surface area contributed by atoms with E-state index in [2.05, 4.69) is 0 Å². The molecule has 0 saturated carbocycles. The van der Waals surface area contributed by atoms with Crippen molar-refractivity contribution in [2.75, 3.05) is 0 Å². The Morgan fingerprint density at radius 3 is 2.07 bits per heavy atom. The van der Waals surface area contributed by atoms with Crippen molar-refractivity contribution < 1.29 is 17.4 Å². The summed E-state index contributed by atoms with van der Waals surface area (Å²) in [5.41, 5.74) is 0.933. The Bertz CT molecular complexity index is 1000. The molecule has 0 bridgehead atoms. The maximum absolute atomic E-state index is 12.3. The number of Topliss-reactive ketones (excluding diaryl/α,β-unsaturated/α-hetero) is 1. The molecular formula is C21H21NO4S. The van der Waals surface area contributed by atoms with E-state index in [9.17, 15) is 18.5 Å². The number of hydrogen-bond acceptors (Lipinski definition) is 5. The zero-order chi connectivity index (χ0) is 20.2. The van der Waals surface area contributed by atoms with Gasteiger partial charge in [-0.2, -0.15) is 13.7 Å². The van der Waals surface area contributed by atoms with Crippen LogP contribution in [0.1, 0.15) is 31.9 Å². The average molecular weight is 383 g/mol. The first kappa shape index (κ1) is 20.4. The lowest BCUT2D eigenvalue weighted by Gasteiger charge is -2.15. The highest BCUT2D eigenvalue weighted by molar-refractivity contribution is 7.87. The summed E-state index contributed by atoms with van der Waals surface area (Å²) in [7, 11) is -3.93. The molecule has 0 aliphatic rings. The lowest BCUT2D eigenvalue weighted by Crippen LogP contribution is -2.21. The average Bonchev–Trinajstić information content (AvgIpc) is 2.60. The van der Waals surface area contributed by atoms with E-state index < -0.39 is 15.5 Å². The van der Waals surface area contributed by atoms with Crippen molar-refractivity contribution in [3.8, 4) is 11.8 Å². The van der Waals surface area contributed by atoms with E-state index in [1.807, 2.05) is 13.0 Å². The number of carbonyl (C=O) groups excluding carboxylic acids is 1. The summed E-state index contributed by atoms with van der Waals surface area (Å²) in [6, 6.07) is 14.4. The number of benzene rings is 2. The van der Waals surface area contributed by atoms with Crippen molar-refractivity contribution in [3.05, 3.63) is 65.2 Å². The fourth-order valence-electron chi connectivity index (χ4n) is 2.22. The minimum atomic E-state index is -3.93. The van der Waals surface area contributed by atoms with Crippen LogP contribution < -0.4 is 4.18 Å². The smallest absolute Gasteiger partial charge is 0.339 e. The van der Waals surface area contributed by atoms with Crippen LogP contribution in [-0.2, 0) is 14.9 Å². The fraction of sp³-hybridized carbons (Fsp3) is 0.238. The molecule has 0 atom stereocenters. The molecule has 0 fully saturated rings. The first-order chi connectivity index (χ1) is 12.5. The van der Waals surface area contributed by atoms with Gasteiger partial charge in [0.15, 0.2) is 5.78 Å². The SMILES string of the molecule is Cc1ccc(S(=O)(=O)Oc2ccc(C=C(C#N)C(=O)C(C)(C)C)cc2)cc1. The van der Waals surface area contributed by atoms with Gasteiger partial charge in [0.1, 0.15) is 16.7 Å². The van der Waals surface area contributed by atoms with Crippen molar-refractivity contribution in [3.63, 3.8) is 0 Å². The molecular weight excluding hydrogens is 362 g/mol. The van der Waals surface area contributed by atoms with E-state index >= 15 is 0 Å². The lowest BCUT2D eigenvalue weighted by molar-refractivity contribution is -0.121. The number of nitrogens with zero attached hydrogens (tertiary/aromatic N) is 1. The summed E-state index contributed by atoms with van der Waals surface area (Å²) in [5, 5.41) is 9.23. The van der Waals surface area contributed by atoms with Crippen LogP contribution in [0, 0.1) is 23.7 Å². The van der Waals surface area contributed by atoms with Crippen molar-refractivity contribution in [2.24, 2.45) is 5.41 Å². The van der Waals surface area contributed by atoms with E-state index in [0.717, 1.165) is 5.56 Å². The number of rotatable bonds is 5. The van der Waals surface area contributed by atoms with Gasteiger partial charge in [-0.3, -0.25) is 4.79 Å². The molecule has 140 valence electrons. The summed E-state index contributed by atoms with van der Waals surface area (Å²) in [6.07, 6.45) is 1.48. The second-order valence-corrected chi connectivity index (χ2v) is 8.71. The van der Waals surface area contributed by atoms with Gasteiger partial charge in [0.05, 0.1) is 5.57 Å². The van der Waals surface area contributed by atoms with Gasteiger partial charge in [-0.25, -0.2) is 0 Å². The number of hydrogen-bond donors (Lipinski definition) is 0. The minimum absolute atomic E-state index is 0.0449. The Labute approximate surface area is 160 Å². The van der Waals surface area contributed by atoms with Gasteiger partial charge in [0.25, 0.3) is 0 Å². The Kier molecular flexibility index (Phi) is 5.87. The van der Waals surface area contributed by atoms with E-state index in [1.165, 1.54) is 30.3 Å². The van der Waals surface area contributed by atoms with Gasteiger partial charge in [0, 0.05) is 5.41 Å². The standard InChI is InChI=1S/C21H21NO4S/c1-15-5-11-19(12-6-15)27(24,25)26-18-9-7-16(8-10-18)13-17(14-22)20(23)21(2,3)4/h5-13H,1-4H3. The predicted octanol–water partition coefficient (Wildman–Crippen LogP) is 4.28. The van der Waals surface area contributed by atoms with Crippen LogP contribution in [0.25, 0.3) is 6.08 Å². The third-order valence-electron chi connectivity index (χ3n) is 3.75. The number of aryl methyl sites for hydroxylation is 1. The molecule has 0 saturated heterocycles. The molecule has 0 aromatic heterocycles. The van der Waals surface area contributed by atoms with Gasteiger partial charge in [-0.1, -0.05) is 50.6 Å². The van der Waals surface area contributed by atoms with E-state index in [4.69, 9.17) is 4.18 Å². The fourth-order valence-corrected chi connectivity index (χ4v) is 3.15. The second kappa shape index (κ2) is 7.77. The number of carbonyl (C=O) groups is 1. The summed E-state index contributed by atoms with van der Waals surface area (Å²) >= 11 is 0. The molecule has 0 unspecified atom stereocenters. The Morgan fingerprint density at radius 2 is 1.59 bits per heavy atom. The van der Waals surface area contributed by atoms with Crippen LogP contribution in [0.3, 0.4) is 0 Å². The molecule has 27 heavy (non-hydrogen) atoms. The van der Waals surface area contributed by atoms with Crippen molar-refractivity contribution in [2.45, 2.75) is 32.6 Å². The molecule has 5 nitrogen and oxygen atoms in total. The number of ketones is 1. The third-order valence-corrected chi connectivity index (χ3v) is 5.01. The first-order valence-corrected chi connectivity index (χ1v) is 9.71. The molecule has 0 amide bonds. The lowest BCUT2D eigenvalue weighted by atomic mass is 9.86. The molecule has 0 N–H and O–H groups in total. The first-order valence-electron chi connectivity index (χ1n) is 8.31. The Hall–Kier alpha value is -2.91. The molecule has 6 heteroatoms. The van der Waals surface area contributed by atoms with Gasteiger partial charge >= 0.3 is 10.1 Å². The van der Waals surface area contributed by atoms with Gasteiger partial charge < -0.3 is 4.18 Å². The van der Waals surface area contributed by atoms with Crippen LogP contribution in [0.4, 0.5) is 0 Å². The zero-order valence-corrected chi connectivity index (χ0v) is 16.5. The predicted molar refractivity (Wildman–Crippen MR) is 103 cm³/mol.